The van der Waals surface area contributed by atoms with Crippen molar-refractivity contribution < 1.29 is 4.48 Å². The molecule has 2 heteroatoms. The molecule has 0 aliphatic heterocycles. The van der Waals surface area contributed by atoms with Crippen LogP contribution < -0.4 is 0 Å². The standard InChI is InChI=1S/C26H55N2/c1-12-26(25(20-22(4)5)17-19-28(9,10)11)23(6)24(16-15-21(2)3)14-13-18-27(7)8/h21-22,24-26H,6,12-20H2,1-5,7-11H3/q+1. The third kappa shape index (κ3) is 13.0. The first kappa shape index (κ1) is 27.7. The predicted octanol–water partition coefficient (Wildman–Crippen LogP) is 6.72. The van der Waals surface area contributed by atoms with Crippen LogP contribution in [0.4, 0.5) is 0 Å². The molecule has 3 unspecified atom stereocenters. The van der Waals surface area contributed by atoms with Gasteiger partial charge in [-0.05, 0) is 88.8 Å². The molecular formula is C26H55N2+. The minimum absolute atomic E-state index is 0.686. The SMILES string of the molecule is C=C(C(CCCN(C)C)CCC(C)C)C(CC)C(CC[N+](C)(C)C)CC(C)C. The van der Waals surface area contributed by atoms with Crippen LogP contribution in [0.25, 0.3) is 0 Å². The minimum atomic E-state index is 0.686. The van der Waals surface area contributed by atoms with E-state index in [1.54, 1.807) is 5.57 Å². The lowest BCUT2D eigenvalue weighted by molar-refractivity contribution is -0.871. The van der Waals surface area contributed by atoms with E-state index in [1.807, 2.05) is 0 Å². The van der Waals surface area contributed by atoms with Crippen molar-refractivity contribution in [3.05, 3.63) is 12.2 Å². The Bertz CT molecular complexity index is 403. The van der Waals surface area contributed by atoms with Gasteiger partial charge < -0.3 is 9.38 Å². The van der Waals surface area contributed by atoms with E-state index in [2.05, 4.69) is 74.8 Å². The van der Waals surface area contributed by atoms with E-state index in [9.17, 15) is 0 Å². The lowest BCUT2D eigenvalue weighted by Crippen LogP contribution is -2.37. The van der Waals surface area contributed by atoms with Gasteiger partial charge in [0.2, 0.25) is 0 Å². The maximum absolute atomic E-state index is 4.76. The first-order valence-corrected chi connectivity index (χ1v) is 12.0. The summed E-state index contributed by atoms with van der Waals surface area (Å²) in [5.41, 5.74) is 1.58. The van der Waals surface area contributed by atoms with Gasteiger partial charge in [0.1, 0.15) is 0 Å². The van der Waals surface area contributed by atoms with Crippen LogP contribution in [0, 0.1) is 29.6 Å². The summed E-state index contributed by atoms with van der Waals surface area (Å²) in [7, 11) is 11.4. The van der Waals surface area contributed by atoms with Crippen LogP contribution in [0.3, 0.4) is 0 Å². The van der Waals surface area contributed by atoms with Gasteiger partial charge in [-0.15, -0.1) is 0 Å². The largest absolute Gasteiger partial charge is 0.331 e. The topological polar surface area (TPSA) is 3.24 Å². The molecule has 0 saturated heterocycles. The van der Waals surface area contributed by atoms with Crippen molar-refractivity contribution in [2.24, 2.45) is 29.6 Å². The van der Waals surface area contributed by atoms with Crippen LogP contribution in [0.1, 0.15) is 79.6 Å². The van der Waals surface area contributed by atoms with Gasteiger partial charge in [0, 0.05) is 0 Å². The van der Waals surface area contributed by atoms with Crippen molar-refractivity contribution in [2.45, 2.75) is 79.6 Å². The Kier molecular flexibility index (Phi) is 13.6. The molecular weight excluding hydrogens is 340 g/mol. The Labute approximate surface area is 179 Å². The zero-order valence-electron chi connectivity index (χ0n) is 21.4. The molecule has 0 amide bonds. The van der Waals surface area contributed by atoms with Gasteiger partial charge >= 0.3 is 0 Å². The maximum Gasteiger partial charge on any atom is 0.0783 e. The third-order valence-corrected chi connectivity index (χ3v) is 6.20. The molecule has 0 N–H and O–H groups in total. The average Bonchev–Trinajstić information content (AvgIpc) is 2.54. The molecule has 0 aromatic rings. The Morgan fingerprint density at radius 1 is 0.893 bits per heavy atom. The van der Waals surface area contributed by atoms with Crippen molar-refractivity contribution >= 4 is 0 Å². The predicted molar refractivity (Wildman–Crippen MR) is 129 cm³/mol. The fourth-order valence-electron chi connectivity index (χ4n) is 4.55. The zero-order valence-corrected chi connectivity index (χ0v) is 21.4. The van der Waals surface area contributed by atoms with E-state index in [0.29, 0.717) is 11.8 Å². The highest BCUT2D eigenvalue weighted by molar-refractivity contribution is 5.08. The summed E-state index contributed by atoms with van der Waals surface area (Å²) < 4.78 is 1.07. The molecule has 0 aromatic heterocycles. The number of quaternary nitrogens is 1. The lowest BCUT2D eigenvalue weighted by Gasteiger charge is -2.35. The normalized spacial score (nSPS) is 16.0. The summed E-state index contributed by atoms with van der Waals surface area (Å²) in [6, 6.07) is 0. The van der Waals surface area contributed by atoms with Crippen molar-refractivity contribution in [3.8, 4) is 0 Å². The van der Waals surface area contributed by atoms with Gasteiger partial charge in [0.15, 0.2) is 0 Å². The molecule has 0 saturated carbocycles. The van der Waals surface area contributed by atoms with Crippen LogP contribution in [-0.2, 0) is 0 Å². The van der Waals surface area contributed by atoms with E-state index >= 15 is 0 Å². The van der Waals surface area contributed by atoms with Gasteiger partial charge in [-0.25, -0.2) is 0 Å². The van der Waals surface area contributed by atoms with Gasteiger partial charge in [-0.3, -0.25) is 0 Å². The van der Waals surface area contributed by atoms with Gasteiger partial charge in [0.25, 0.3) is 0 Å². The summed E-state index contributed by atoms with van der Waals surface area (Å²) in [4.78, 5) is 2.32. The molecule has 0 fully saturated rings. The molecule has 0 aromatic carbocycles. The second-order valence-corrected chi connectivity index (χ2v) is 11.4. The highest BCUT2D eigenvalue weighted by atomic mass is 15.3. The molecule has 0 spiro atoms. The quantitative estimate of drug-likeness (QED) is 0.207. The van der Waals surface area contributed by atoms with E-state index in [4.69, 9.17) is 6.58 Å². The molecule has 3 atom stereocenters. The van der Waals surface area contributed by atoms with Crippen molar-refractivity contribution in [2.75, 3.05) is 48.3 Å². The molecule has 0 rings (SSSR count). The van der Waals surface area contributed by atoms with Crippen LogP contribution in [0.5, 0.6) is 0 Å². The second kappa shape index (κ2) is 13.8. The second-order valence-electron chi connectivity index (χ2n) is 11.4. The number of rotatable bonds is 16. The monoisotopic (exact) mass is 395 g/mol. The Hall–Kier alpha value is -0.340. The maximum atomic E-state index is 4.76. The summed E-state index contributed by atoms with van der Waals surface area (Å²) >= 11 is 0. The minimum Gasteiger partial charge on any atom is -0.331 e. The average molecular weight is 396 g/mol. The number of allylic oxidation sites excluding steroid dienone is 1. The van der Waals surface area contributed by atoms with E-state index in [-0.39, 0.29) is 0 Å². The fourth-order valence-corrected chi connectivity index (χ4v) is 4.55. The van der Waals surface area contributed by atoms with Crippen molar-refractivity contribution in [1.82, 2.24) is 4.90 Å². The van der Waals surface area contributed by atoms with Gasteiger partial charge in [0.05, 0.1) is 27.7 Å². The Balaban J connectivity index is 5.29. The zero-order chi connectivity index (χ0) is 21.9. The van der Waals surface area contributed by atoms with Crippen LogP contribution in [0.15, 0.2) is 12.2 Å². The molecule has 168 valence electrons. The number of hydrogen-bond donors (Lipinski definition) is 0. The molecule has 28 heavy (non-hydrogen) atoms. The van der Waals surface area contributed by atoms with Gasteiger partial charge in [-0.2, -0.15) is 0 Å². The molecule has 0 bridgehead atoms. The highest BCUT2D eigenvalue weighted by Crippen LogP contribution is 2.38. The Morgan fingerprint density at radius 3 is 1.93 bits per heavy atom. The summed E-state index contributed by atoms with van der Waals surface area (Å²) in [6.45, 7) is 19.1. The summed E-state index contributed by atoms with van der Waals surface area (Å²) in [5, 5.41) is 0. The molecule has 2 nitrogen and oxygen atoms in total. The lowest BCUT2D eigenvalue weighted by atomic mass is 9.72. The summed E-state index contributed by atoms with van der Waals surface area (Å²) in [6.07, 6.45) is 9.17. The van der Waals surface area contributed by atoms with E-state index < -0.39 is 0 Å². The van der Waals surface area contributed by atoms with Crippen LogP contribution in [0.2, 0.25) is 0 Å². The van der Waals surface area contributed by atoms with Crippen molar-refractivity contribution in [1.29, 1.82) is 0 Å². The summed E-state index contributed by atoms with van der Waals surface area (Å²) in [5.74, 6) is 3.72. The van der Waals surface area contributed by atoms with Gasteiger partial charge in [-0.1, -0.05) is 53.2 Å². The molecule has 0 heterocycles. The van der Waals surface area contributed by atoms with E-state index in [0.717, 1.165) is 22.2 Å². The molecule has 0 aliphatic rings. The van der Waals surface area contributed by atoms with Crippen LogP contribution >= 0.6 is 0 Å². The van der Waals surface area contributed by atoms with E-state index in [1.165, 1.54) is 58.0 Å². The number of nitrogens with zero attached hydrogens (tertiary/aromatic N) is 2. The first-order valence-electron chi connectivity index (χ1n) is 12.0. The third-order valence-electron chi connectivity index (χ3n) is 6.20. The van der Waals surface area contributed by atoms with Crippen molar-refractivity contribution in [3.63, 3.8) is 0 Å². The first-order chi connectivity index (χ1) is 12.9. The smallest absolute Gasteiger partial charge is 0.0783 e. The molecule has 0 aliphatic carbocycles. The highest BCUT2D eigenvalue weighted by Gasteiger charge is 2.29. The van der Waals surface area contributed by atoms with Crippen LogP contribution in [-0.4, -0.2) is 57.7 Å². The fraction of sp³-hybridized carbons (Fsp3) is 0.923. The Morgan fingerprint density at radius 2 is 1.50 bits per heavy atom. The number of hydrogen-bond acceptors (Lipinski definition) is 1. The molecule has 0 radical (unpaired) electrons.